The molecule has 0 saturated heterocycles. The minimum absolute atomic E-state index is 0.180. The van der Waals surface area contributed by atoms with E-state index in [0.29, 0.717) is 42.5 Å². The van der Waals surface area contributed by atoms with Crippen molar-refractivity contribution in [2.45, 2.75) is 26.7 Å². The number of benzene rings is 2. The van der Waals surface area contributed by atoms with Crippen LogP contribution in [-0.4, -0.2) is 38.7 Å². The van der Waals surface area contributed by atoms with Gasteiger partial charge in [-0.25, -0.2) is 0 Å². The summed E-state index contributed by atoms with van der Waals surface area (Å²) in [6, 6.07) is 13.9. The summed E-state index contributed by atoms with van der Waals surface area (Å²) in [6.45, 7) is 6.09. The number of rotatable bonds is 11. The maximum absolute atomic E-state index is 12.5. The Morgan fingerprint density at radius 2 is 1.72 bits per heavy atom. The second-order valence-corrected chi connectivity index (χ2v) is 7.19. The van der Waals surface area contributed by atoms with Crippen LogP contribution in [0.25, 0.3) is 0 Å². The molecule has 6 nitrogen and oxygen atoms in total. The van der Waals surface area contributed by atoms with Gasteiger partial charge in [-0.2, -0.15) is 0 Å². The van der Waals surface area contributed by atoms with Crippen LogP contribution in [0.4, 0.5) is 5.69 Å². The predicted octanol–water partition coefficient (Wildman–Crippen LogP) is 4.13. The summed E-state index contributed by atoms with van der Waals surface area (Å²) in [5.41, 5.74) is 1.58. The van der Waals surface area contributed by atoms with E-state index >= 15 is 0 Å². The Morgan fingerprint density at radius 3 is 2.41 bits per heavy atom. The van der Waals surface area contributed by atoms with Gasteiger partial charge in [0, 0.05) is 37.1 Å². The third-order valence-corrected chi connectivity index (χ3v) is 4.27. The van der Waals surface area contributed by atoms with E-state index in [1.807, 2.05) is 0 Å². The zero-order valence-corrected chi connectivity index (χ0v) is 17.4. The summed E-state index contributed by atoms with van der Waals surface area (Å²) >= 11 is 0. The first kappa shape index (κ1) is 22.4. The quantitative estimate of drug-likeness (QED) is 0.558. The van der Waals surface area contributed by atoms with E-state index in [9.17, 15) is 9.59 Å². The maximum Gasteiger partial charge on any atom is 0.255 e. The first-order valence-corrected chi connectivity index (χ1v) is 9.91. The van der Waals surface area contributed by atoms with E-state index in [1.165, 1.54) is 0 Å². The Morgan fingerprint density at radius 1 is 0.966 bits per heavy atom. The van der Waals surface area contributed by atoms with Gasteiger partial charge >= 0.3 is 0 Å². The monoisotopic (exact) mass is 398 g/mol. The number of hydrogen-bond donors (Lipinski definition) is 2. The Labute approximate surface area is 172 Å². The first-order valence-electron chi connectivity index (χ1n) is 9.91. The molecule has 0 saturated carbocycles. The van der Waals surface area contributed by atoms with Crippen LogP contribution in [0.3, 0.4) is 0 Å². The SMILES string of the molecule is COCCCNC(=O)c1cccc(NC(=O)c2ccc(OCCC(C)C)cc2)c1. The normalized spacial score (nSPS) is 10.6. The van der Waals surface area contributed by atoms with Crippen molar-refractivity contribution < 1.29 is 19.1 Å². The topological polar surface area (TPSA) is 76.7 Å². The van der Waals surface area contributed by atoms with Crippen LogP contribution in [0, 0.1) is 5.92 Å². The van der Waals surface area contributed by atoms with Gasteiger partial charge in [0.15, 0.2) is 0 Å². The minimum atomic E-state index is -0.239. The van der Waals surface area contributed by atoms with Gasteiger partial charge in [-0.1, -0.05) is 19.9 Å². The number of anilines is 1. The zero-order valence-electron chi connectivity index (χ0n) is 17.4. The molecule has 0 aromatic heterocycles. The van der Waals surface area contributed by atoms with E-state index in [4.69, 9.17) is 9.47 Å². The highest BCUT2D eigenvalue weighted by Gasteiger charge is 2.09. The first-order chi connectivity index (χ1) is 14.0. The number of amides is 2. The van der Waals surface area contributed by atoms with Gasteiger partial charge in [-0.3, -0.25) is 9.59 Å². The molecule has 2 rings (SSSR count). The Kier molecular flexibility index (Phi) is 9.18. The molecular weight excluding hydrogens is 368 g/mol. The van der Waals surface area contributed by atoms with Gasteiger partial charge in [-0.05, 0) is 61.2 Å². The minimum Gasteiger partial charge on any atom is -0.494 e. The largest absolute Gasteiger partial charge is 0.494 e. The van der Waals surface area contributed by atoms with Crippen LogP contribution in [0.15, 0.2) is 48.5 Å². The highest BCUT2D eigenvalue weighted by molar-refractivity contribution is 6.05. The standard InChI is InChI=1S/C23H30N2O4/c1-17(2)12-15-29-21-10-8-18(9-11-21)23(27)25-20-7-4-6-19(16-20)22(26)24-13-5-14-28-3/h4,6-11,16-17H,5,12-15H2,1-3H3,(H,24,26)(H,25,27). The summed E-state index contributed by atoms with van der Waals surface area (Å²) in [5.74, 6) is 0.911. The lowest BCUT2D eigenvalue weighted by atomic mass is 10.1. The third-order valence-electron chi connectivity index (χ3n) is 4.27. The fraction of sp³-hybridized carbons (Fsp3) is 0.391. The highest BCUT2D eigenvalue weighted by Crippen LogP contribution is 2.16. The lowest BCUT2D eigenvalue weighted by Crippen LogP contribution is -2.25. The summed E-state index contributed by atoms with van der Waals surface area (Å²) < 4.78 is 10.6. The van der Waals surface area contributed by atoms with E-state index in [1.54, 1.807) is 55.6 Å². The van der Waals surface area contributed by atoms with Gasteiger partial charge in [0.2, 0.25) is 0 Å². The average Bonchev–Trinajstić information content (AvgIpc) is 2.71. The smallest absolute Gasteiger partial charge is 0.255 e. The van der Waals surface area contributed by atoms with Crippen LogP contribution in [0.2, 0.25) is 0 Å². The number of methoxy groups -OCH3 is 1. The zero-order chi connectivity index (χ0) is 21.1. The fourth-order valence-electron chi connectivity index (χ4n) is 2.58. The van der Waals surface area contributed by atoms with Crippen molar-refractivity contribution in [3.05, 3.63) is 59.7 Å². The number of carbonyl (C=O) groups excluding carboxylic acids is 2. The fourth-order valence-corrected chi connectivity index (χ4v) is 2.58. The van der Waals surface area contributed by atoms with Crippen LogP contribution in [0.5, 0.6) is 5.75 Å². The molecule has 0 atom stereocenters. The van der Waals surface area contributed by atoms with Gasteiger partial charge in [0.05, 0.1) is 6.61 Å². The van der Waals surface area contributed by atoms with Gasteiger partial charge in [0.25, 0.3) is 11.8 Å². The molecule has 6 heteroatoms. The molecule has 2 N–H and O–H groups in total. The van der Waals surface area contributed by atoms with Gasteiger partial charge < -0.3 is 20.1 Å². The summed E-state index contributed by atoms with van der Waals surface area (Å²) in [7, 11) is 1.63. The maximum atomic E-state index is 12.5. The molecule has 2 aromatic rings. The third kappa shape index (κ3) is 7.95. The number of carbonyl (C=O) groups is 2. The number of ether oxygens (including phenoxy) is 2. The molecule has 0 bridgehead atoms. The number of hydrogen-bond acceptors (Lipinski definition) is 4. The van der Waals surface area contributed by atoms with Crippen molar-refractivity contribution in [1.29, 1.82) is 0 Å². The second kappa shape index (κ2) is 11.9. The van der Waals surface area contributed by atoms with Crippen LogP contribution in [-0.2, 0) is 4.74 Å². The molecule has 0 fully saturated rings. The van der Waals surface area contributed by atoms with E-state index < -0.39 is 0 Å². The summed E-state index contributed by atoms with van der Waals surface area (Å²) in [5, 5.41) is 5.66. The molecule has 0 aliphatic rings. The molecule has 0 aliphatic carbocycles. The van der Waals surface area contributed by atoms with Gasteiger partial charge in [-0.15, -0.1) is 0 Å². The lowest BCUT2D eigenvalue weighted by molar-refractivity contribution is 0.0947. The predicted molar refractivity (Wildman–Crippen MR) is 115 cm³/mol. The molecule has 0 heterocycles. The molecule has 2 aromatic carbocycles. The summed E-state index contributed by atoms with van der Waals surface area (Å²) in [6.07, 6.45) is 1.73. The van der Waals surface area contributed by atoms with Crippen molar-refractivity contribution in [2.75, 3.05) is 32.2 Å². The average molecular weight is 399 g/mol. The Balaban J connectivity index is 1.90. The Bertz CT molecular complexity index is 788. The van der Waals surface area contributed by atoms with E-state index in [2.05, 4.69) is 24.5 Å². The molecule has 156 valence electrons. The molecule has 2 amide bonds. The van der Waals surface area contributed by atoms with E-state index in [0.717, 1.165) is 18.6 Å². The van der Waals surface area contributed by atoms with Crippen LogP contribution < -0.4 is 15.4 Å². The van der Waals surface area contributed by atoms with Crippen LogP contribution in [0.1, 0.15) is 47.4 Å². The highest BCUT2D eigenvalue weighted by atomic mass is 16.5. The van der Waals surface area contributed by atoms with Crippen molar-refractivity contribution in [2.24, 2.45) is 5.92 Å². The lowest BCUT2D eigenvalue weighted by Gasteiger charge is -2.10. The van der Waals surface area contributed by atoms with E-state index in [-0.39, 0.29) is 11.8 Å². The molecule has 29 heavy (non-hydrogen) atoms. The van der Waals surface area contributed by atoms with Crippen LogP contribution >= 0.6 is 0 Å². The van der Waals surface area contributed by atoms with Crippen molar-refractivity contribution >= 4 is 17.5 Å². The van der Waals surface area contributed by atoms with Crippen molar-refractivity contribution in [3.8, 4) is 5.75 Å². The molecular formula is C23H30N2O4. The number of nitrogens with one attached hydrogen (secondary N) is 2. The molecule has 0 unspecified atom stereocenters. The molecule has 0 spiro atoms. The summed E-state index contributed by atoms with van der Waals surface area (Å²) in [4.78, 5) is 24.7. The second-order valence-electron chi connectivity index (χ2n) is 7.19. The molecule has 0 aliphatic heterocycles. The van der Waals surface area contributed by atoms with Gasteiger partial charge in [0.1, 0.15) is 5.75 Å². The molecule has 0 radical (unpaired) electrons. The van der Waals surface area contributed by atoms with Crippen molar-refractivity contribution in [3.63, 3.8) is 0 Å². The van der Waals surface area contributed by atoms with Crippen molar-refractivity contribution in [1.82, 2.24) is 5.32 Å². The Hall–Kier alpha value is -2.86.